The van der Waals surface area contributed by atoms with Gasteiger partial charge in [-0.1, -0.05) is 0 Å². The Balaban J connectivity index is 2.27. The first-order chi connectivity index (χ1) is 8.13. The summed E-state index contributed by atoms with van der Waals surface area (Å²) in [6, 6.07) is 2.35. The summed E-state index contributed by atoms with van der Waals surface area (Å²) in [6.07, 6.45) is 3.96. The predicted octanol–water partition coefficient (Wildman–Crippen LogP) is 2.18. The molecule has 1 aromatic heterocycles. The van der Waals surface area contributed by atoms with E-state index in [-0.39, 0.29) is 6.10 Å². The molecule has 0 aliphatic rings. The molecule has 1 heterocycles. The van der Waals surface area contributed by atoms with Crippen LogP contribution in [0.2, 0.25) is 0 Å². The highest BCUT2D eigenvalue weighted by atomic mass is 16.5. The van der Waals surface area contributed by atoms with E-state index in [0.29, 0.717) is 12.5 Å². The number of rotatable bonds is 8. The minimum Gasteiger partial charge on any atom is -0.393 e. The Morgan fingerprint density at radius 3 is 2.82 bits per heavy atom. The monoisotopic (exact) mass is 240 g/mol. The second kappa shape index (κ2) is 7.45. The molecule has 1 aromatic rings. The van der Waals surface area contributed by atoms with Gasteiger partial charge in [0.1, 0.15) is 0 Å². The van der Waals surface area contributed by atoms with Gasteiger partial charge in [0.2, 0.25) is 0 Å². The van der Waals surface area contributed by atoms with Gasteiger partial charge in [-0.3, -0.25) is 4.68 Å². The Kier molecular flexibility index (Phi) is 6.22. The lowest BCUT2D eigenvalue weighted by atomic mass is 10.1. The first-order valence-corrected chi connectivity index (χ1v) is 6.43. The summed E-state index contributed by atoms with van der Waals surface area (Å²) in [5.74, 6) is 0. The molecule has 4 heteroatoms. The smallest absolute Gasteiger partial charge is 0.0650 e. The van der Waals surface area contributed by atoms with Crippen molar-refractivity contribution < 1.29 is 9.84 Å². The summed E-state index contributed by atoms with van der Waals surface area (Å²) in [5, 5.41) is 14.3. The van der Waals surface area contributed by atoms with E-state index in [9.17, 15) is 5.11 Å². The van der Waals surface area contributed by atoms with Crippen LogP contribution in [0.5, 0.6) is 0 Å². The van der Waals surface area contributed by atoms with E-state index in [2.05, 4.69) is 18.9 Å². The number of nitrogens with zero attached hydrogens (tertiary/aromatic N) is 2. The van der Waals surface area contributed by atoms with E-state index in [1.807, 2.05) is 23.9 Å². The van der Waals surface area contributed by atoms with Gasteiger partial charge in [0, 0.05) is 31.9 Å². The quantitative estimate of drug-likeness (QED) is 0.708. The van der Waals surface area contributed by atoms with Crippen LogP contribution in [-0.4, -0.2) is 34.2 Å². The number of aliphatic hydroxyl groups is 1. The van der Waals surface area contributed by atoms with Crippen molar-refractivity contribution in [1.29, 1.82) is 0 Å². The van der Waals surface area contributed by atoms with Crippen LogP contribution in [0.1, 0.15) is 45.3 Å². The van der Waals surface area contributed by atoms with Gasteiger partial charge >= 0.3 is 0 Å². The fraction of sp³-hybridized carbons (Fsp3) is 0.769. The lowest BCUT2D eigenvalue weighted by molar-refractivity contribution is 0.114. The lowest BCUT2D eigenvalue weighted by Crippen LogP contribution is -2.12. The van der Waals surface area contributed by atoms with Crippen molar-refractivity contribution in [1.82, 2.24) is 9.78 Å². The molecule has 1 N–H and O–H groups in total. The molecule has 4 nitrogen and oxygen atoms in total. The van der Waals surface area contributed by atoms with E-state index in [4.69, 9.17) is 4.74 Å². The van der Waals surface area contributed by atoms with Gasteiger partial charge in [-0.15, -0.1) is 0 Å². The summed E-state index contributed by atoms with van der Waals surface area (Å²) >= 11 is 0. The maximum absolute atomic E-state index is 9.84. The van der Waals surface area contributed by atoms with Crippen molar-refractivity contribution in [2.45, 2.75) is 52.2 Å². The molecule has 17 heavy (non-hydrogen) atoms. The second-order valence-electron chi connectivity index (χ2n) is 4.58. The van der Waals surface area contributed by atoms with Gasteiger partial charge in [-0.25, -0.2) is 0 Å². The van der Waals surface area contributed by atoms with Crippen LogP contribution in [0.15, 0.2) is 12.3 Å². The third-order valence-corrected chi connectivity index (χ3v) is 2.67. The third kappa shape index (κ3) is 5.33. The molecule has 0 saturated heterocycles. The summed E-state index contributed by atoms with van der Waals surface area (Å²) in [4.78, 5) is 0. The van der Waals surface area contributed by atoms with E-state index in [0.717, 1.165) is 31.7 Å². The molecule has 0 radical (unpaired) electrons. The SMILES string of the molecule is CCOCCCC(O)Cc1ccn(C(C)C)n1. The largest absolute Gasteiger partial charge is 0.393 e. The zero-order chi connectivity index (χ0) is 12.7. The van der Waals surface area contributed by atoms with E-state index < -0.39 is 0 Å². The maximum Gasteiger partial charge on any atom is 0.0650 e. The van der Waals surface area contributed by atoms with Crippen molar-refractivity contribution in [2.75, 3.05) is 13.2 Å². The fourth-order valence-corrected chi connectivity index (χ4v) is 1.68. The number of aromatic nitrogens is 2. The summed E-state index contributed by atoms with van der Waals surface area (Å²) < 4.78 is 7.16. The minimum absolute atomic E-state index is 0.314. The fourth-order valence-electron chi connectivity index (χ4n) is 1.68. The number of aliphatic hydroxyl groups excluding tert-OH is 1. The Morgan fingerprint density at radius 2 is 2.24 bits per heavy atom. The summed E-state index contributed by atoms with van der Waals surface area (Å²) in [7, 11) is 0. The van der Waals surface area contributed by atoms with Gasteiger partial charge < -0.3 is 9.84 Å². The maximum atomic E-state index is 9.84. The standard InChI is InChI=1S/C13H24N2O2/c1-4-17-9-5-6-13(16)10-12-7-8-15(14-12)11(2)3/h7-8,11,13,16H,4-6,9-10H2,1-3H3. The van der Waals surface area contributed by atoms with E-state index >= 15 is 0 Å². The molecule has 0 fully saturated rings. The molecule has 0 aliphatic carbocycles. The van der Waals surface area contributed by atoms with Crippen LogP contribution in [0.3, 0.4) is 0 Å². The van der Waals surface area contributed by atoms with Crippen molar-refractivity contribution in [3.8, 4) is 0 Å². The molecule has 1 unspecified atom stereocenters. The lowest BCUT2D eigenvalue weighted by Gasteiger charge is -2.09. The second-order valence-corrected chi connectivity index (χ2v) is 4.58. The Bertz CT molecular complexity index is 310. The van der Waals surface area contributed by atoms with Crippen molar-refractivity contribution in [2.24, 2.45) is 0 Å². The molecule has 0 saturated carbocycles. The Labute approximate surface area is 104 Å². The molecular weight excluding hydrogens is 216 g/mol. The van der Waals surface area contributed by atoms with Crippen LogP contribution in [0.4, 0.5) is 0 Å². The zero-order valence-corrected chi connectivity index (χ0v) is 11.1. The van der Waals surface area contributed by atoms with E-state index in [1.165, 1.54) is 0 Å². The van der Waals surface area contributed by atoms with E-state index in [1.54, 1.807) is 0 Å². The topological polar surface area (TPSA) is 47.3 Å². The average Bonchev–Trinajstić information content (AvgIpc) is 2.73. The predicted molar refractivity (Wildman–Crippen MR) is 68.0 cm³/mol. The van der Waals surface area contributed by atoms with Crippen molar-refractivity contribution in [3.05, 3.63) is 18.0 Å². The molecule has 0 amide bonds. The number of hydrogen-bond acceptors (Lipinski definition) is 3. The van der Waals surface area contributed by atoms with Crippen LogP contribution >= 0.6 is 0 Å². The first kappa shape index (κ1) is 14.2. The highest BCUT2D eigenvalue weighted by Crippen LogP contribution is 2.08. The highest BCUT2D eigenvalue weighted by molar-refractivity contribution is 5.01. The molecule has 0 aromatic carbocycles. The zero-order valence-electron chi connectivity index (χ0n) is 11.1. The highest BCUT2D eigenvalue weighted by Gasteiger charge is 2.08. The van der Waals surface area contributed by atoms with Gasteiger partial charge in [-0.2, -0.15) is 5.10 Å². The molecule has 0 spiro atoms. The molecular formula is C13H24N2O2. The number of ether oxygens (including phenoxy) is 1. The van der Waals surface area contributed by atoms with Crippen LogP contribution in [0, 0.1) is 0 Å². The minimum atomic E-state index is -0.314. The van der Waals surface area contributed by atoms with Crippen LogP contribution in [0.25, 0.3) is 0 Å². The van der Waals surface area contributed by atoms with Crippen molar-refractivity contribution in [3.63, 3.8) is 0 Å². The normalized spacial score (nSPS) is 13.2. The van der Waals surface area contributed by atoms with Gasteiger partial charge in [0.05, 0.1) is 11.8 Å². The van der Waals surface area contributed by atoms with Crippen LogP contribution in [-0.2, 0) is 11.2 Å². The number of hydrogen-bond donors (Lipinski definition) is 1. The summed E-state index contributed by atoms with van der Waals surface area (Å²) in [5.41, 5.74) is 0.961. The average molecular weight is 240 g/mol. The van der Waals surface area contributed by atoms with Gasteiger partial charge in [0.25, 0.3) is 0 Å². The van der Waals surface area contributed by atoms with Crippen LogP contribution < -0.4 is 0 Å². The molecule has 0 aliphatic heterocycles. The Morgan fingerprint density at radius 1 is 1.47 bits per heavy atom. The molecule has 1 rings (SSSR count). The Hall–Kier alpha value is -0.870. The summed E-state index contributed by atoms with van der Waals surface area (Å²) in [6.45, 7) is 7.64. The molecule has 98 valence electrons. The first-order valence-electron chi connectivity index (χ1n) is 6.43. The molecule has 0 bridgehead atoms. The van der Waals surface area contributed by atoms with Crippen molar-refractivity contribution >= 4 is 0 Å². The van der Waals surface area contributed by atoms with Gasteiger partial charge in [0.15, 0.2) is 0 Å². The third-order valence-electron chi connectivity index (χ3n) is 2.67. The van der Waals surface area contributed by atoms with Gasteiger partial charge in [-0.05, 0) is 39.7 Å². The molecule has 1 atom stereocenters.